The number of hydrogen-bond donors (Lipinski definition) is 1. The summed E-state index contributed by atoms with van der Waals surface area (Å²) in [6.07, 6.45) is 8.67. The summed E-state index contributed by atoms with van der Waals surface area (Å²) in [5.74, 6) is 3.17. The number of rotatable bonds is 1. The van der Waals surface area contributed by atoms with Crippen LogP contribution in [-0.4, -0.2) is 10.7 Å². The molecule has 1 heteroatoms. The van der Waals surface area contributed by atoms with Crippen molar-refractivity contribution in [2.75, 3.05) is 0 Å². The Morgan fingerprint density at radius 2 is 2.08 bits per heavy atom. The maximum atomic E-state index is 10.2. The van der Waals surface area contributed by atoms with Crippen LogP contribution in [0.5, 0.6) is 0 Å². The third-order valence-electron chi connectivity index (χ3n) is 2.87. The van der Waals surface area contributed by atoms with Gasteiger partial charge in [-0.05, 0) is 30.6 Å². The van der Waals surface area contributed by atoms with Crippen molar-refractivity contribution in [3.63, 3.8) is 0 Å². The molecule has 1 rings (SSSR count). The fraction of sp³-hybridized carbons (Fsp3) is 0.833. The lowest BCUT2D eigenvalue weighted by atomic mass is 9.65. The van der Waals surface area contributed by atoms with E-state index in [0.717, 1.165) is 12.8 Å². The predicted octanol–water partition coefficient (Wildman–Crippen LogP) is 2.59. The lowest BCUT2D eigenvalue weighted by Crippen LogP contribution is -2.41. The summed E-state index contributed by atoms with van der Waals surface area (Å²) >= 11 is 0. The van der Waals surface area contributed by atoms with Crippen LogP contribution in [0.4, 0.5) is 0 Å². The fourth-order valence-electron chi connectivity index (χ4n) is 3.02. The van der Waals surface area contributed by atoms with Gasteiger partial charge in [-0.2, -0.15) is 0 Å². The van der Waals surface area contributed by atoms with Crippen molar-refractivity contribution in [1.29, 1.82) is 0 Å². The summed E-state index contributed by atoms with van der Waals surface area (Å²) in [6.45, 7) is 6.62. The first kappa shape index (κ1) is 10.6. The van der Waals surface area contributed by atoms with Crippen molar-refractivity contribution in [2.24, 2.45) is 11.3 Å². The Morgan fingerprint density at radius 3 is 2.54 bits per heavy atom. The Kier molecular flexibility index (Phi) is 2.73. The van der Waals surface area contributed by atoms with Gasteiger partial charge < -0.3 is 5.11 Å². The molecule has 0 aromatic heterocycles. The van der Waals surface area contributed by atoms with Gasteiger partial charge in [-0.25, -0.2) is 0 Å². The zero-order valence-electron chi connectivity index (χ0n) is 8.93. The van der Waals surface area contributed by atoms with E-state index in [0.29, 0.717) is 12.3 Å². The molecule has 1 aliphatic carbocycles. The van der Waals surface area contributed by atoms with Gasteiger partial charge >= 0.3 is 0 Å². The molecule has 74 valence electrons. The first-order chi connectivity index (χ1) is 5.87. The second-order valence-corrected chi connectivity index (χ2v) is 5.46. The van der Waals surface area contributed by atoms with Crippen LogP contribution in [-0.2, 0) is 0 Å². The standard InChI is InChI=1S/C12H20O/c1-5-6-12(13)8-10(2)7-11(3,4)9-12/h1,10,13H,6-9H2,2-4H3. The molecular formula is C12H20O. The van der Waals surface area contributed by atoms with E-state index in [1.807, 2.05) is 0 Å². The predicted molar refractivity (Wildman–Crippen MR) is 55.2 cm³/mol. The summed E-state index contributed by atoms with van der Waals surface area (Å²) in [4.78, 5) is 0. The first-order valence-electron chi connectivity index (χ1n) is 5.03. The maximum Gasteiger partial charge on any atom is 0.0764 e. The zero-order chi connectivity index (χ0) is 10.1. The van der Waals surface area contributed by atoms with E-state index >= 15 is 0 Å². The van der Waals surface area contributed by atoms with Gasteiger partial charge in [0.2, 0.25) is 0 Å². The van der Waals surface area contributed by atoms with E-state index in [2.05, 4.69) is 26.7 Å². The molecule has 13 heavy (non-hydrogen) atoms. The molecule has 0 aliphatic heterocycles. The highest BCUT2D eigenvalue weighted by Gasteiger charge is 2.40. The van der Waals surface area contributed by atoms with Crippen LogP contribution < -0.4 is 0 Å². The van der Waals surface area contributed by atoms with Crippen LogP contribution >= 0.6 is 0 Å². The highest BCUT2D eigenvalue weighted by Crippen LogP contribution is 2.44. The molecule has 0 spiro atoms. The van der Waals surface area contributed by atoms with Crippen molar-refractivity contribution in [3.05, 3.63) is 0 Å². The van der Waals surface area contributed by atoms with E-state index in [-0.39, 0.29) is 5.41 Å². The highest BCUT2D eigenvalue weighted by atomic mass is 16.3. The van der Waals surface area contributed by atoms with Crippen LogP contribution in [0.3, 0.4) is 0 Å². The van der Waals surface area contributed by atoms with Gasteiger partial charge in [0, 0.05) is 6.42 Å². The number of aliphatic hydroxyl groups is 1. The van der Waals surface area contributed by atoms with Crippen LogP contribution in [0.15, 0.2) is 0 Å². The van der Waals surface area contributed by atoms with Crippen LogP contribution in [0.2, 0.25) is 0 Å². The summed E-state index contributed by atoms with van der Waals surface area (Å²) in [7, 11) is 0. The Balaban J connectivity index is 2.73. The molecule has 0 aromatic carbocycles. The minimum absolute atomic E-state index is 0.239. The van der Waals surface area contributed by atoms with Crippen molar-refractivity contribution in [3.8, 4) is 12.3 Å². The van der Waals surface area contributed by atoms with Gasteiger partial charge in [-0.1, -0.05) is 20.8 Å². The van der Waals surface area contributed by atoms with E-state index < -0.39 is 5.60 Å². The molecule has 1 saturated carbocycles. The molecule has 1 N–H and O–H groups in total. The molecule has 1 fully saturated rings. The lowest BCUT2D eigenvalue weighted by Gasteiger charge is -2.43. The average Bonchev–Trinajstić information content (AvgIpc) is 1.78. The molecule has 0 saturated heterocycles. The van der Waals surface area contributed by atoms with Crippen molar-refractivity contribution >= 4 is 0 Å². The van der Waals surface area contributed by atoms with Gasteiger partial charge in [0.15, 0.2) is 0 Å². The van der Waals surface area contributed by atoms with Crippen molar-refractivity contribution < 1.29 is 5.11 Å². The van der Waals surface area contributed by atoms with Gasteiger partial charge in [0.25, 0.3) is 0 Å². The minimum atomic E-state index is -0.601. The Bertz CT molecular complexity index is 224. The second kappa shape index (κ2) is 3.35. The Hall–Kier alpha value is -0.480. The summed E-state index contributed by atoms with van der Waals surface area (Å²) in [5, 5.41) is 10.2. The topological polar surface area (TPSA) is 20.2 Å². The van der Waals surface area contributed by atoms with E-state index in [1.54, 1.807) is 0 Å². The van der Waals surface area contributed by atoms with Crippen molar-refractivity contribution in [2.45, 2.75) is 52.1 Å². The normalized spacial score (nSPS) is 38.2. The quantitative estimate of drug-likeness (QED) is 0.615. The Morgan fingerprint density at radius 1 is 1.46 bits per heavy atom. The van der Waals surface area contributed by atoms with E-state index in [1.165, 1.54) is 6.42 Å². The molecule has 0 radical (unpaired) electrons. The third-order valence-corrected chi connectivity index (χ3v) is 2.87. The van der Waals surface area contributed by atoms with Crippen LogP contribution in [0, 0.1) is 23.7 Å². The summed E-state index contributed by atoms with van der Waals surface area (Å²) in [5.41, 5.74) is -0.362. The van der Waals surface area contributed by atoms with Gasteiger partial charge in [0.05, 0.1) is 5.60 Å². The monoisotopic (exact) mass is 180 g/mol. The van der Waals surface area contributed by atoms with E-state index in [4.69, 9.17) is 6.42 Å². The van der Waals surface area contributed by atoms with Crippen molar-refractivity contribution in [1.82, 2.24) is 0 Å². The minimum Gasteiger partial charge on any atom is -0.389 e. The van der Waals surface area contributed by atoms with Gasteiger partial charge in [-0.3, -0.25) is 0 Å². The number of hydrogen-bond acceptors (Lipinski definition) is 1. The van der Waals surface area contributed by atoms with Crippen LogP contribution in [0.1, 0.15) is 46.5 Å². The Labute approximate surface area is 81.5 Å². The summed E-state index contributed by atoms with van der Waals surface area (Å²) in [6, 6.07) is 0. The molecule has 0 aromatic rings. The molecule has 2 atom stereocenters. The number of terminal acetylenes is 1. The molecule has 1 aliphatic rings. The second-order valence-electron chi connectivity index (χ2n) is 5.46. The molecule has 0 bridgehead atoms. The molecule has 1 nitrogen and oxygen atoms in total. The lowest BCUT2D eigenvalue weighted by molar-refractivity contribution is -0.0540. The smallest absolute Gasteiger partial charge is 0.0764 e. The summed E-state index contributed by atoms with van der Waals surface area (Å²) < 4.78 is 0. The first-order valence-corrected chi connectivity index (χ1v) is 5.03. The van der Waals surface area contributed by atoms with Crippen LogP contribution in [0.25, 0.3) is 0 Å². The molecule has 0 heterocycles. The highest BCUT2D eigenvalue weighted by molar-refractivity contribution is 5.01. The van der Waals surface area contributed by atoms with Gasteiger partial charge in [-0.15, -0.1) is 12.3 Å². The largest absolute Gasteiger partial charge is 0.389 e. The zero-order valence-corrected chi connectivity index (χ0v) is 8.93. The fourth-order valence-corrected chi connectivity index (χ4v) is 3.02. The SMILES string of the molecule is C#CCC1(O)CC(C)CC(C)(C)C1. The average molecular weight is 180 g/mol. The molecular weight excluding hydrogens is 160 g/mol. The molecule has 2 unspecified atom stereocenters. The third kappa shape index (κ3) is 2.74. The van der Waals surface area contributed by atoms with E-state index in [9.17, 15) is 5.11 Å². The van der Waals surface area contributed by atoms with Gasteiger partial charge in [0.1, 0.15) is 0 Å². The maximum absolute atomic E-state index is 10.2. The molecule has 0 amide bonds.